The van der Waals surface area contributed by atoms with E-state index >= 15 is 0 Å². The SMILES string of the molecule is CCC(N)Cc1nc(-c2ccc(OC(C)C)cc2)cs1. The summed E-state index contributed by atoms with van der Waals surface area (Å²) in [6, 6.07) is 8.29. The zero-order valence-corrected chi connectivity index (χ0v) is 13.1. The summed E-state index contributed by atoms with van der Waals surface area (Å²) >= 11 is 1.68. The molecule has 2 N–H and O–H groups in total. The molecule has 4 heteroatoms. The van der Waals surface area contributed by atoms with Crippen molar-refractivity contribution >= 4 is 11.3 Å². The van der Waals surface area contributed by atoms with Crippen molar-refractivity contribution in [2.75, 3.05) is 0 Å². The molecule has 0 radical (unpaired) electrons. The van der Waals surface area contributed by atoms with Crippen LogP contribution < -0.4 is 10.5 Å². The molecule has 0 bridgehead atoms. The van der Waals surface area contributed by atoms with Crippen LogP contribution >= 0.6 is 11.3 Å². The van der Waals surface area contributed by atoms with E-state index in [4.69, 9.17) is 10.5 Å². The summed E-state index contributed by atoms with van der Waals surface area (Å²) in [5, 5.41) is 3.20. The van der Waals surface area contributed by atoms with Gasteiger partial charge >= 0.3 is 0 Å². The molecule has 1 unspecified atom stereocenters. The van der Waals surface area contributed by atoms with Gasteiger partial charge < -0.3 is 10.5 Å². The van der Waals surface area contributed by atoms with Gasteiger partial charge in [-0.1, -0.05) is 6.92 Å². The highest BCUT2D eigenvalue weighted by molar-refractivity contribution is 7.09. The van der Waals surface area contributed by atoms with E-state index in [1.807, 2.05) is 26.0 Å². The van der Waals surface area contributed by atoms with Crippen LogP contribution in [0, 0.1) is 0 Å². The summed E-state index contributed by atoms with van der Waals surface area (Å²) in [4.78, 5) is 4.66. The standard InChI is InChI=1S/C16H22N2OS/c1-4-13(17)9-16-18-15(10-20-16)12-5-7-14(8-6-12)19-11(2)3/h5-8,10-11,13H,4,9,17H2,1-3H3. The van der Waals surface area contributed by atoms with Crippen molar-refractivity contribution in [3.63, 3.8) is 0 Å². The molecule has 1 aromatic carbocycles. The first kappa shape index (κ1) is 15.0. The van der Waals surface area contributed by atoms with E-state index in [9.17, 15) is 0 Å². The Morgan fingerprint density at radius 2 is 1.95 bits per heavy atom. The molecule has 0 aliphatic heterocycles. The predicted molar refractivity (Wildman–Crippen MR) is 85.3 cm³/mol. The molecule has 3 nitrogen and oxygen atoms in total. The molecule has 108 valence electrons. The summed E-state index contributed by atoms with van der Waals surface area (Å²) in [5.41, 5.74) is 8.11. The molecule has 2 rings (SSSR count). The molecule has 0 saturated carbocycles. The quantitative estimate of drug-likeness (QED) is 0.878. The van der Waals surface area contributed by atoms with Gasteiger partial charge in [-0.15, -0.1) is 11.3 Å². The second-order valence-corrected chi connectivity index (χ2v) is 6.13. The second kappa shape index (κ2) is 6.86. The highest BCUT2D eigenvalue weighted by atomic mass is 32.1. The summed E-state index contributed by atoms with van der Waals surface area (Å²) in [5.74, 6) is 0.896. The Bertz CT molecular complexity index is 534. The number of rotatable bonds is 6. The summed E-state index contributed by atoms with van der Waals surface area (Å²) in [7, 11) is 0. The van der Waals surface area contributed by atoms with Crippen LogP contribution in [0.5, 0.6) is 5.75 Å². The lowest BCUT2D eigenvalue weighted by Crippen LogP contribution is -2.21. The molecule has 2 aromatic rings. The topological polar surface area (TPSA) is 48.1 Å². The first-order valence-electron chi connectivity index (χ1n) is 7.05. The van der Waals surface area contributed by atoms with Gasteiger partial charge in [0.05, 0.1) is 16.8 Å². The minimum atomic E-state index is 0.197. The maximum absolute atomic E-state index is 5.97. The van der Waals surface area contributed by atoms with Gasteiger partial charge in [-0.25, -0.2) is 4.98 Å². The molecule has 0 spiro atoms. The zero-order valence-electron chi connectivity index (χ0n) is 12.3. The van der Waals surface area contributed by atoms with Crippen molar-refractivity contribution in [3.8, 4) is 17.0 Å². The van der Waals surface area contributed by atoms with E-state index in [1.165, 1.54) is 0 Å². The fraction of sp³-hybridized carbons (Fsp3) is 0.438. The van der Waals surface area contributed by atoms with Gasteiger partial charge in [-0.3, -0.25) is 0 Å². The minimum absolute atomic E-state index is 0.197. The van der Waals surface area contributed by atoms with Gasteiger partial charge in [0.1, 0.15) is 5.75 Å². The first-order chi connectivity index (χ1) is 9.58. The van der Waals surface area contributed by atoms with Crippen molar-refractivity contribution < 1.29 is 4.74 Å². The van der Waals surface area contributed by atoms with Crippen LogP contribution in [0.4, 0.5) is 0 Å². The molecule has 1 aromatic heterocycles. The number of hydrogen-bond acceptors (Lipinski definition) is 4. The molecule has 0 fully saturated rings. The third kappa shape index (κ3) is 4.05. The van der Waals surface area contributed by atoms with E-state index < -0.39 is 0 Å². The van der Waals surface area contributed by atoms with Crippen LogP contribution in [-0.4, -0.2) is 17.1 Å². The molecule has 0 amide bonds. The number of hydrogen-bond donors (Lipinski definition) is 1. The van der Waals surface area contributed by atoms with Gasteiger partial charge in [0, 0.05) is 23.4 Å². The van der Waals surface area contributed by atoms with Gasteiger partial charge in [0.15, 0.2) is 0 Å². The summed E-state index contributed by atoms with van der Waals surface area (Å²) < 4.78 is 5.64. The Balaban J connectivity index is 2.08. The van der Waals surface area contributed by atoms with Crippen molar-refractivity contribution in [1.82, 2.24) is 4.98 Å². The van der Waals surface area contributed by atoms with Crippen LogP contribution in [-0.2, 0) is 6.42 Å². The molecular weight excluding hydrogens is 268 g/mol. The van der Waals surface area contributed by atoms with Gasteiger partial charge in [0.2, 0.25) is 0 Å². The Hall–Kier alpha value is -1.39. The van der Waals surface area contributed by atoms with Crippen molar-refractivity contribution in [2.45, 2.75) is 45.8 Å². The lowest BCUT2D eigenvalue weighted by molar-refractivity contribution is 0.242. The lowest BCUT2D eigenvalue weighted by atomic mass is 10.1. The first-order valence-corrected chi connectivity index (χ1v) is 7.93. The molecule has 1 atom stereocenters. The van der Waals surface area contributed by atoms with Gasteiger partial charge in [-0.2, -0.15) is 0 Å². The predicted octanol–water partition coefficient (Wildman–Crippen LogP) is 3.88. The molecule has 20 heavy (non-hydrogen) atoms. The number of thiazole rings is 1. The van der Waals surface area contributed by atoms with E-state index in [2.05, 4.69) is 29.4 Å². The average Bonchev–Trinajstić information content (AvgIpc) is 2.87. The van der Waals surface area contributed by atoms with E-state index in [1.54, 1.807) is 11.3 Å². The number of nitrogens with two attached hydrogens (primary N) is 1. The lowest BCUT2D eigenvalue weighted by Gasteiger charge is -2.09. The number of nitrogens with zero attached hydrogens (tertiary/aromatic N) is 1. The minimum Gasteiger partial charge on any atom is -0.491 e. The summed E-state index contributed by atoms with van der Waals surface area (Å²) in [6.45, 7) is 6.15. The van der Waals surface area contributed by atoms with Crippen LogP contribution in [0.2, 0.25) is 0 Å². The molecular formula is C16H22N2OS. The molecule has 0 saturated heterocycles. The van der Waals surface area contributed by atoms with Crippen molar-refractivity contribution in [2.24, 2.45) is 5.73 Å². The maximum atomic E-state index is 5.97. The van der Waals surface area contributed by atoms with E-state index in [0.717, 1.165) is 34.9 Å². The molecule has 1 heterocycles. The largest absolute Gasteiger partial charge is 0.491 e. The number of ether oxygens (including phenoxy) is 1. The molecule has 0 aliphatic rings. The second-order valence-electron chi connectivity index (χ2n) is 5.19. The fourth-order valence-corrected chi connectivity index (χ4v) is 2.78. The van der Waals surface area contributed by atoms with Gasteiger partial charge in [-0.05, 0) is 44.5 Å². The number of benzene rings is 1. The average molecular weight is 290 g/mol. The third-order valence-electron chi connectivity index (χ3n) is 3.03. The highest BCUT2D eigenvalue weighted by Crippen LogP contribution is 2.25. The monoisotopic (exact) mass is 290 g/mol. The van der Waals surface area contributed by atoms with Crippen molar-refractivity contribution in [1.29, 1.82) is 0 Å². The summed E-state index contributed by atoms with van der Waals surface area (Å²) in [6.07, 6.45) is 2.04. The number of aromatic nitrogens is 1. The molecule has 0 aliphatic carbocycles. The Morgan fingerprint density at radius 1 is 1.25 bits per heavy atom. The van der Waals surface area contributed by atoms with Crippen LogP contribution in [0.25, 0.3) is 11.3 Å². The Kier molecular flexibility index (Phi) is 5.15. The van der Waals surface area contributed by atoms with Crippen LogP contribution in [0.3, 0.4) is 0 Å². The maximum Gasteiger partial charge on any atom is 0.119 e. The third-order valence-corrected chi connectivity index (χ3v) is 3.91. The normalized spacial score (nSPS) is 12.7. The Labute approximate surface area is 124 Å². The van der Waals surface area contributed by atoms with E-state index in [-0.39, 0.29) is 12.1 Å². The van der Waals surface area contributed by atoms with Gasteiger partial charge in [0.25, 0.3) is 0 Å². The smallest absolute Gasteiger partial charge is 0.119 e. The van der Waals surface area contributed by atoms with Crippen molar-refractivity contribution in [3.05, 3.63) is 34.7 Å². The zero-order chi connectivity index (χ0) is 14.5. The fourth-order valence-electron chi connectivity index (χ4n) is 1.88. The van der Waals surface area contributed by atoms with Crippen LogP contribution in [0.1, 0.15) is 32.2 Å². The van der Waals surface area contributed by atoms with Crippen LogP contribution in [0.15, 0.2) is 29.6 Å². The highest BCUT2D eigenvalue weighted by Gasteiger charge is 2.08. The van der Waals surface area contributed by atoms with E-state index in [0.29, 0.717) is 0 Å². The Morgan fingerprint density at radius 3 is 2.55 bits per heavy atom.